The maximum atomic E-state index is 11.8. The monoisotopic (exact) mass is 274 g/mol. The van der Waals surface area contributed by atoms with Crippen molar-refractivity contribution in [3.8, 4) is 5.75 Å². The number of benzene rings is 1. The number of carbonyl (C=O) groups excluding carboxylic acids is 1. The lowest BCUT2D eigenvalue weighted by Crippen LogP contribution is -2.36. The maximum Gasteiger partial charge on any atom is 0.260 e. The van der Waals surface area contributed by atoms with Gasteiger partial charge in [-0.25, -0.2) is 0 Å². The van der Waals surface area contributed by atoms with Gasteiger partial charge in [-0.2, -0.15) is 0 Å². The summed E-state index contributed by atoms with van der Waals surface area (Å²) in [4.78, 5) is 11.8. The number of rotatable bonds is 7. The second-order valence-corrected chi connectivity index (χ2v) is 4.50. The van der Waals surface area contributed by atoms with Crippen LogP contribution in [-0.2, 0) is 11.2 Å². The molecular formula is C15H18N2O3. The number of aromatic nitrogens is 1. The summed E-state index contributed by atoms with van der Waals surface area (Å²) in [6.45, 7) is 2.34. The first-order valence-electron chi connectivity index (χ1n) is 6.63. The van der Waals surface area contributed by atoms with Crippen LogP contribution in [0, 0.1) is 0 Å². The van der Waals surface area contributed by atoms with E-state index in [1.54, 1.807) is 19.4 Å². The van der Waals surface area contributed by atoms with Gasteiger partial charge in [0.25, 0.3) is 5.91 Å². The van der Waals surface area contributed by atoms with Crippen LogP contribution in [0.15, 0.2) is 47.3 Å². The third-order valence-electron chi connectivity index (χ3n) is 2.85. The zero-order chi connectivity index (χ0) is 14.2. The van der Waals surface area contributed by atoms with Crippen LogP contribution in [0.5, 0.6) is 5.75 Å². The molecule has 106 valence electrons. The van der Waals surface area contributed by atoms with E-state index in [1.807, 2.05) is 30.3 Å². The highest BCUT2D eigenvalue weighted by Gasteiger charge is 2.13. The molecular weight excluding hydrogens is 256 g/mol. The average Bonchev–Trinajstić information content (AvgIpc) is 2.97. The van der Waals surface area contributed by atoms with E-state index >= 15 is 0 Å². The van der Waals surface area contributed by atoms with E-state index in [0.29, 0.717) is 12.3 Å². The second-order valence-electron chi connectivity index (χ2n) is 4.50. The number of nitrogens with one attached hydrogen (secondary N) is 1. The van der Waals surface area contributed by atoms with Crippen LogP contribution < -0.4 is 10.1 Å². The van der Waals surface area contributed by atoms with Crippen molar-refractivity contribution in [2.75, 3.05) is 6.54 Å². The first-order chi connectivity index (χ1) is 9.75. The maximum absolute atomic E-state index is 11.8. The zero-order valence-corrected chi connectivity index (χ0v) is 11.4. The summed E-state index contributed by atoms with van der Waals surface area (Å²) >= 11 is 0. The Labute approximate surface area is 117 Å². The predicted molar refractivity (Wildman–Crippen MR) is 74.4 cm³/mol. The molecule has 5 nitrogen and oxygen atoms in total. The first kappa shape index (κ1) is 14.1. The van der Waals surface area contributed by atoms with Crippen molar-refractivity contribution >= 4 is 5.91 Å². The lowest BCUT2D eigenvalue weighted by molar-refractivity contribution is -0.127. The molecule has 0 fully saturated rings. The molecule has 1 atom stereocenters. The van der Waals surface area contributed by atoms with Crippen LogP contribution in [0.2, 0.25) is 0 Å². The quantitative estimate of drug-likeness (QED) is 0.786. The van der Waals surface area contributed by atoms with E-state index in [4.69, 9.17) is 9.26 Å². The van der Waals surface area contributed by atoms with E-state index < -0.39 is 6.10 Å². The summed E-state index contributed by atoms with van der Waals surface area (Å²) in [5.74, 6) is 0.582. The van der Waals surface area contributed by atoms with Crippen LogP contribution in [-0.4, -0.2) is 23.7 Å². The van der Waals surface area contributed by atoms with Gasteiger partial charge in [-0.05, 0) is 31.9 Å². The van der Waals surface area contributed by atoms with Crippen molar-refractivity contribution in [3.05, 3.63) is 48.4 Å². The minimum absolute atomic E-state index is 0.112. The predicted octanol–water partition coefficient (Wildman–Crippen LogP) is 2.19. The van der Waals surface area contributed by atoms with Gasteiger partial charge in [-0.1, -0.05) is 23.4 Å². The highest BCUT2D eigenvalue weighted by atomic mass is 16.5. The molecule has 0 aliphatic heterocycles. The molecule has 1 aromatic carbocycles. The lowest BCUT2D eigenvalue weighted by atomic mass is 10.2. The molecule has 2 aromatic rings. The number of aryl methyl sites for hydroxylation is 1. The Bertz CT molecular complexity index is 511. The van der Waals surface area contributed by atoms with E-state index in [9.17, 15) is 4.79 Å². The second kappa shape index (κ2) is 7.33. The SMILES string of the molecule is CC(Oc1ccccc1)C(=O)NCCCc1cnoc1. The Hall–Kier alpha value is -2.30. The van der Waals surface area contributed by atoms with Crippen molar-refractivity contribution in [1.82, 2.24) is 10.5 Å². The first-order valence-corrected chi connectivity index (χ1v) is 6.63. The van der Waals surface area contributed by atoms with Gasteiger partial charge < -0.3 is 14.6 Å². The van der Waals surface area contributed by atoms with Crippen LogP contribution >= 0.6 is 0 Å². The Morgan fingerprint density at radius 3 is 2.90 bits per heavy atom. The van der Waals surface area contributed by atoms with Gasteiger partial charge >= 0.3 is 0 Å². The molecule has 0 bridgehead atoms. The molecule has 1 unspecified atom stereocenters. The molecule has 0 saturated carbocycles. The van der Waals surface area contributed by atoms with Crippen LogP contribution in [0.1, 0.15) is 18.9 Å². The van der Waals surface area contributed by atoms with E-state index in [0.717, 1.165) is 18.4 Å². The fourth-order valence-electron chi connectivity index (χ4n) is 1.75. The van der Waals surface area contributed by atoms with Crippen LogP contribution in [0.4, 0.5) is 0 Å². The number of para-hydroxylation sites is 1. The molecule has 5 heteroatoms. The summed E-state index contributed by atoms with van der Waals surface area (Å²) in [5.41, 5.74) is 1.04. The Kier molecular flexibility index (Phi) is 5.17. The minimum Gasteiger partial charge on any atom is -0.481 e. The van der Waals surface area contributed by atoms with E-state index in [1.165, 1.54) is 0 Å². The summed E-state index contributed by atoms with van der Waals surface area (Å²) < 4.78 is 10.3. The molecule has 1 N–H and O–H groups in total. The number of amides is 1. The van der Waals surface area contributed by atoms with Gasteiger partial charge in [-0.3, -0.25) is 4.79 Å². The molecule has 0 aliphatic rings. The topological polar surface area (TPSA) is 64.4 Å². The molecule has 0 spiro atoms. The molecule has 0 aliphatic carbocycles. The lowest BCUT2D eigenvalue weighted by Gasteiger charge is -2.14. The summed E-state index contributed by atoms with van der Waals surface area (Å²) in [5, 5.41) is 6.48. The smallest absolute Gasteiger partial charge is 0.260 e. The minimum atomic E-state index is -0.506. The van der Waals surface area contributed by atoms with Crippen molar-refractivity contribution in [3.63, 3.8) is 0 Å². The normalized spacial score (nSPS) is 11.8. The number of ether oxygens (including phenoxy) is 1. The Morgan fingerprint density at radius 2 is 2.20 bits per heavy atom. The standard InChI is InChI=1S/C15H18N2O3/c1-12(20-14-7-3-2-4-8-14)15(18)16-9-5-6-13-10-17-19-11-13/h2-4,7-8,10-12H,5-6,9H2,1H3,(H,16,18). The Balaban J connectivity index is 1.66. The molecule has 1 heterocycles. The molecule has 1 amide bonds. The van der Waals surface area contributed by atoms with Gasteiger partial charge in [0, 0.05) is 12.1 Å². The number of carbonyl (C=O) groups is 1. The summed E-state index contributed by atoms with van der Waals surface area (Å²) in [7, 11) is 0. The highest BCUT2D eigenvalue weighted by Crippen LogP contribution is 2.10. The molecule has 0 radical (unpaired) electrons. The largest absolute Gasteiger partial charge is 0.481 e. The molecule has 20 heavy (non-hydrogen) atoms. The fraction of sp³-hybridized carbons (Fsp3) is 0.333. The molecule has 0 saturated heterocycles. The van der Waals surface area contributed by atoms with Gasteiger partial charge in [0.15, 0.2) is 6.10 Å². The van der Waals surface area contributed by atoms with Gasteiger partial charge in [0.1, 0.15) is 12.0 Å². The molecule has 2 rings (SSSR count). The third-order valence-corrected chi connectivity index (χ3v) is 2.85. The van der Waals surface area contributed by atoms with Crippen molar-refractivity contribution < 1.29 is 14.1 Å². The fourth-order valence-corrected chi connectivity index (χ4v) is 1.75. The van der Waals surface area contributed by atoms with Gasteiger partial charge in [0.05, 0.1) is 6.20 Å². The number of nitrogens with zero attached hydrogens (tertiary/aromatic N) is 1. The summed E-state index contributed by atoms with van der Waals surface area (Å²) in [6.07, 6.45) is 4.46. The van der Waals surface area contributed by atoms with E-state index in [-0.39, 0.29) is 5.91 Å². The van der Waals surface area contributed by atoms with Crippen molar-refractivity contribution in [2.45, 2.75) is 25.9 Å². The van der Waals surface area contributed by atoms with Crippen LogP contribution in [0.25, 0.3) is 0 Å². The number of hydrogen-bond acceptors (Lipinski definition) is 4. The van der Waals surface area contributed by atoms with Crippen LogP contribution in [0.3, 0.4) is 0 Å². The molecule has 1 aromatic heterocycles. The average molecular weight is 274 g/mol. The van der Waals surface area contributed by atoms with E-state index in [2.05, 4.69) is 10.5 Å². The third kappa shape index (κ3) is 4.42. The number of hydrogen-bond donors (Lipinski definition) is 1. The zero-order valence-electron chi connectivity index (χ0n) is 11.4. The highest BCUT2D eigenvalue weighted by molar-refractivity contribution is 5.80. The Morgan fingerprint density at radius 1 is 1.40 bits per heavy atom. The summed E-state index contributed by atoms with van der Waals surface area (Å²) in [6, 6.07) is 9.31. The van der Waals surface area contributed by atoms with Crippen molar-refractivity contribution in [2.24, 2.45) is 0 Å². The van der Waals surface area contributed by atoms with Gasteiger partial charge in [-0.15, -0.1) is 0 Å². The van der Waals surface area contributed by atoms with Gasteiger partial charge in [0.2, 0.25) is 0 Å². The van der Waals surface area contributed by atoms with Crippen molar-refractivity contribution in [1.29, 1.82) is 0 Å².